The summed E-state index contributed by atoms with van der Waals surface area (Å²) < 4.78 is 11.9. The van der Waals surface area contributed by atoms with E-state index in [0.717, 1.165) is 35.0 Å². The molecular weight excluding hydrogens is 306 g/mol. The molecule has 0 radical (unpaired) electrons. The van der Waals surface area contributed by atoms with Gasteiger partial charge >= 0.3 is 0 Å². The van der Waals surface area contributed by atoms with E-state index in [1.54, 1.807) is 7.11 Å². The second-order valence-corrected chi connectivity index (χ2v) is 5.82. The quantitative estimate of drug-likeness (QED) is 0.827. The van der Waals surface area contributed by atoms with Gasteiger partial charge in [0.25, 0.3) is 0 Å². The lowest BCUT2D eigenvalue weighted by Gasteiger charge is -2.25. The molecule has 106 valence electrons. The van der Waals surface area contributed by atoms with Gasteiger partial charge in [0.1, 0.15) is 0 Å². The van der Waals surface area contributed by atoms with Crippen molar-refractivity contribution < 1.29 is 9.47 Å². The van der Waals surface area contributed by atoms with E-state index >= 15 is 0 Å². The van der Waals surface area contributed by atoms with Gasteiger partial charge in [-0.3, -0.25) is 0 Å². The Labute approximate surface area is 123 Å². The SMILES string of the molecule is CCOc1c(Br)cc(CNCC2CCC2)cc1OC. The van der Waals surface area contributed by atoms with Crippen LogP contribution in [-0.2, 0) is 6.54 Å². The molecule has 1 N–H and O–H groups in total. The third-order valence-corrected chi connectivity index (χ3v) is 4.15. The van der Waals surface area contributed by atoms with E-state index in [1.165, 1.54) is 24.8 Å². The normalized spacial score (nSPS) is 15.1. The van der Waals surface area contributed by atoms with Crippen LogP contribution in [0.25, 0.3) is 0 Å². The van der Waals surface area contributed by atoms with E-state index in [4.69, 9.17) is 9.47 Å². The number of rotatable bonds is 7. The molecule has 3 nitrogen and oxygen atoms in total. The highest BCUT2D eigenvalue weighted by Crippen LogP contribution is 2.36. The summed E-state index contributed by atoms with van der Waals surface area (Å²) in [5.74, 6) is 2.46. The largest absolute Gasteiger partial charge is 0.493 e. The average molecular weight is 328 g/mol. The highest BCUT2D eigenvalue weighted by atomic mass is 79.9. The molecule has 0 amide bonds. The van der Waals surface area contributed by atoms with Gasteiger partial charge in [-0.2, -0.15) is 0 Å². The minimum absolute atomic E-state index is 0.633. The molecule has 1 aromatic carbocycles. The first-order valence-corrected chi connectivity index (χ1v) is 7.73. The fraction of sp³-hybridized carbons (Fsp3) is 0.600. The summed E-state index contributed by atoms with van der Waals surface area (Å²) >= 11 is 3.55. The first-order chi connectivity index (χ1) is 9.24. The van der Waals surface area contributed by atoms with Crippen LogP contribution in [0.2, 0.25) is 0 Å². The van der Waals surface area contributed by atoms with Crippen LogP contribution in [0.3, 0.4) is 0 Å². The molecule has 1 saturated carbocycles. The van der Waals surface area contributed by atoms with E-state index in [-0.39, 0.29) is 0 Å². The topological polar surface area (TPSA) is 30.5 Å². The zero-order chi connectivity index (χ0) is 13.7. The molecule has 0 aromatic heterocycles. The lowest BCUT2D eigenvalue weighted by Crippen LogP contribution is -2.26. The molecule has 0 unspecified atom stereocenters. The Morgan fingerprint density at radius 1 is 1.37 bits per heavy atom. The van der Waals surface area contributed by atoms with Gasteiger partial charge in [-0.1, -0.05) is 6.42 Å². The van der Waals surface area contributed by atoms with Crippen LogP contribution in [0.5, 0.6) is 11.5 Å². The van der Waals surface area contributed by atoms with Gasteiger partial charge in [-0.25, -0.2) is 0 Å². The Morgan fingerprint density at radius 3 is 2.74 bits per heavy atom. The summed E-state index contributed by atoms with van der Waals surface area (Å²) in [6.07, 6.45) is 4.15. The Balaban J connectivity index is 1.97. The lowest BCUT2D eigenvalue weighted by atomic mass is 9.85. The maximum Gasteiger partial charge on any atom is 0.175 e. The number of hydrogen-bond donors (Lipinski definition) is 1. The fourth-order valence-electron chi connectivity index (χ4n) is 2.28. The second kappa shape index (κ2) is 7.15. The number of halogens is 1. The van der Waals surface area contributed by atoms with Crippen molar-refractivity contribution in [1.29, 1.82) is 0 Å². The molecule has 19 heavy (non-hydrogen) atoms. The molecule has 0 atom stereocenters. The van der Waals surface area contributed by atoms with E-state index in [2.05, 4.69) is 27.3 Å². The summed E-state index contributed by atoms with van der Waals surface area (Å²) in [4.78, 5) is 0. The van der Waals surface area contributed by atoms with Crippen molar-refractivity contribution in [1.82, 2.24) is 5.32 Å². The second-order valence-electron chi connectivity index (χ2n) is 4.97. The summed E-state index contributed by atoms with van der Waals surface area (Å²) in [7, 11) is 1.68. The number of nitrogens with one attached hydrogen (secondary N) is 1. The van der Waals surface area contributed by atoms with Crippen molar-refractivity contribution in [2.24, 2.45) is 5.92 Å². The zero-order valence-electron chi connectivity index (χ0n) is 11.7. The van der Waals surface area contributed by atoms with Gasteiger partial charge < -0.3 is 14.8 Å². The summed E-state index contributed by atoms with van der Waals surface area (Å²) in [6, 6.07) is 4.14. The van der Waals surface area contributed by atoms with Crippen LogP contribution >= 0.6 is 15.9 Å². The van der Waals surface area contributed by atoms with Crippen LogP contribution in [0.15, 0.2) is 16.6 Å². The molecule has 0 spiro atoms. The van der Waals surface area contributed by atoms with Crippen LogP contribution in [0.1, 0.15) is 31.7 Å². The van der Waals surface area contributed by atoms with Crippen molar-refractivity contribution >= 4 is 15.9 Å². The molecule has 1 aliphatic rings. The maximum atomic E-state index is 5.59. The number of methoxy groups -OCH3 is 1. The van der Waals surface area contributed by atoms with Gasteiger partial charge in [-0.15, -0.1) is 0 Å². The molecule has 4 heteroatoms. The van der Waals surface area contributed by atoms with Crippen LogP contribution in [0.4, 0.5) is 0 Å². The van der Waals surface area contributed by atoms with Gasteiger partial charge in [0.15, 0.2) is 11.5 Å². The molecular formula is C15H22BrNO2. The van der Waals surface area contributed by atoms with Crippen LogP contribution in [0, 0.1) is 5.92 Å². The Hall–Kier alpha value is -0.740. The summed E-state index contributed by atoms with van der Waals surface area (Å²) in [5, 5.41) is 3.52. The number of ether oxygens (including phenoxy) is 2. The van der Waals surface area contributed by atoms with Crippen molar-refractivity contribution in [3.63, 3.8) is 0 Å². The van der Waals surface area contributed by atoms with Gasteiger partial charge in [0, 0.05) is 6.54 Å². The minimum atomic E-state index is 0.633. The van der Waals surface area contributed by atoms with Crippen LogP contribution in [-0.4, -0.2) is 20.3 Å². The third-order valence-electron chi connectivity index (χ3n) is 3.56. The summed E-state index contributed by atoms with van der Waals surface area (Å²) in [6.45, 7) is 4.60. The predicted octanol–water partition coefficient (Wildman–Crippen LogP) is 3.75. The monoisotopic (exact) mass is 327 g/mol. The molecule has 1 fully saturated rings. The molecule has 0 aliphatic heterocycles. The smallest absolute Gasteiger partial charge is 0.175 e. The Kier molecular flexibility index (Phi) is 5.52. The van der Waals surface area contributed by atoms with E-state index < -0.39 is 0 Å². The van der Waals surface area contributed by atoms with E-state index in [1.807, 2.05) is 13.0 Å². The van der Waals surface area contributed by atoms with Gasteiger partial charge in [0.2, 0.25) is 0 Å². The standard InChI is InChI=1S/C15H22BrNO2/c1-3-19-15-13(16)7-12(8-14(15)18-2)10-17-9-11-5-4-6-11/h7-8,11,17H,3-6,9-10H2,1-2H3. The zero-order valence-corrected chi connectivity index (χ0v) is 13.3. The lowest BCUT2D eigenvalue weighted by molar-refractivity contribution is 0.300. The average Bonchev–Trinajstić information content (AvgIpc) is 2.35. The van der Waals surface area contributed by atoms with Crippen LogP contribution < -0.4 is 14.8 Å². The van der Waals surface area contributed by atoms with Crippen molar-refractivity contribution in [2.45, 2.75) is 32.7 Å². The fourth-order valence-corrected chi connectivity index (χ4v) is 2.88. The third kappa shape index (κ3) is 3.86. The van der Waals surface area contributed by atoms with E-state index in [0.29, 0.717) is 6.61 Å². The molecule has 2 rings (SSSR count). The molecule has 1 aromatic rings. The van der Waals surface area contributed by atoms with Crippen molar-refractivity contribution in [3.05, 3.63) is 22.2 Å². The molecule has 0 bridgehead atoms. The highest BCUT2D eigenvalue weighted by molar-refractivity contribution is 9.10. The van der Waals surface area contributed by atoms with Crippen molar-refractivity contribution in [2.75, 3.05) is 20.3 Å². The number of benzene rings is 1. The van der Waals surface area contributed by atoms with E-state index in [9.17, 15) is 0 Å². The highest BCUT2D eigenvalue weighted by Gasteiger charge is 2.16. The Bertz CT molecular complexity index is 419. The van der Waals surface area contributed by atoms with Crippen molar-refractivity contribution in [3.8, 4) is 11.5 Å². The first kappa shape index (κ1) is 14.7. The molecule has 0 saturated heterocycles. The minimum Gasteiger partial charge on any atom is -0.493 e. The maximum absolute atomic E-state index is 5.59. The predicted molar refractivity (Wildman–Crippen MR) is 80.9 cm³/mol. The number of hydrogen-bond acceptors (Lipinski definition) is 3. The molecule has 1 aliphatic carbocycles. The van der Waals surface area contributed by atoms with Gasteiger partial charge in [0.05, 0.1) is 18.2 Å². The Morgan fingerprint density at radius 2 is 2.16 bits per heavy atom. The van der Waals surface area contributed by atoms with Gasteiger partial charge in [-0.05, 0) is 65.9 Å². The first-order valence-electron chi connectivity index (χ1n) is 6.94. The molecule has 0 heterocycles. The summed E-state index contributed by atoms with van der Waals surface area (Å²) in [5.41, 5.74) is 1.21.